The number of amides is 2. The molecule has 0 aliphatic carbocycles. The Balaban J connectivity index is 4.87. The Labute approximate surface area is 212 Å². The number of ether oxygens (including phenoxy) is 1. The number of unbranched alkanes of at least 4 members (excludes halogenated alkanes) is 2. The molecule has 0 rings (SSSR count). The average Bonchev–Trinajstić information content (AvgIpc) is 2.79. The van der Waals surface area contributed by atoms with Crippen LogP contribution < -0.4 is 0 Å². The first-order chi connectivity index (χ1) is 16.0. The zero-order valence-corrected chi connectivity index (χ0v) is 24.3. The fourth-order valence-corrected chi connectivity index (χ4v) is 5.76. The predicted octanol–water partition coefficient (Wildman–Crippen LogP) is 6.65. The van der Waals surface area contributed by atoms with Crippen molar-refractivity contribution in [3.8, 4) is 0 Å². The van der Waals surface area contributed by atoms with Gasteiger partial charge in [-0.2, -0.15) is 0 Å². The van der Waals surface area contributed by atoms with Crippen LogP contribution in [0.5, 0.6) is 0 Å². The minimum absolute atomic E-state index is 0.196. The fourth-order valence-electron chi connectivity index (χ4n) is 5.76. The molecule has 0 heterocycles. The average molecular weight is 483 g/mol. The Hall–Kier alpha value is -1.10. The van der Waals surface area contributed by atoms with Gasteiger partial charge in [0, 0.05) is 39.7 Å². The van der Waals surface area contributed by atoms with Gasteiger partial charge in [-0.25, -0.2) is 0 Å². The number of rotatable bonds is 20. The summed E-state index contributed by atoms with van der Waals surface area (Å²) in [6.45, 7) is 19.6. The van der Waals surface area contributed by atoms with E-state index < -0.39 is 0 Å². The lowest BCUT2D eigenvalue weighted by molar-refractivity contribution is -0.136. The van der Waals surface area contributed by atoms with Gasteiger partial charge >= 0.3 is 0 Å². The summed E-state index contributed by atoms with van der Waals surface area (Å²) in [5, 5.41) is 0. The smallest absolute Gasteiger partial charge is 0.222 e. The molecule has 4 unspecified atom stereocenters. The molecule has 0 saturated carbocycles. The summed E-state index contributed by atoms with van der Waals surface area (Å²) >= 11 is 0. The first kappa shape index (κ1) is 32.9. The van der Waals surface area contributed by atoms with Crippen molar-refractivity contribution in [2.45, 2.75) is 119 Å². The highest BCUT2D eigenvalue weighted by atomic mass is 16.5. The quantitative estimate of drug-likeness (QED) is 0.144. The van der Waals surface area contributed by atoms with Crippen LogP contribution in [0, 0.1) is 29.6 Å². The van der Waals surface area contributed by atoms with Crippen LogP contribution in [0.2, 0.25) is 0 Å². The number of hydrogen-bond acceptors (Lipinski definition) is 3. The second-order valence-corrected chi connectivity index (χ2v) is 11.2. The van der Waals surface area contributed by atoms with Gasteiger partial charge in [-0.05, 0) is 61.7 Å². The van der Waals surface area contributed by atoms with E-state index in [-0.39, 0.29) is 18.1 Å². The van der Waals surface area contributed by atoms with Gasteiger partial charge < -0.3 is 14.5 Å². The molecule has 0 radical (unpaired) electrons. The summed E-state index contributed by atoms with van der Waals surface area (Å²) in [6, 6.07) is 0.196. The third-order valence-corrected chi connectivity index (χ3v) is 7.82. The van der Waals surface area contributed by atoms with Gasteiger partial charge in [-0.15, -0.1) is 0 Å². The zero-order valence-electron chi connectivity index (χ0n) is 24.3. The van der Waals surface area contributed by atoms with E-state index in [4.69, 9.17) is 4.74 Å². The van der Waals surface area contributed by atoms with Crippen molar-refractivity contribution in [1.29, 1.82) is 0 Å². The maximum Gasteiger partial charge on any atom is 0.222 e. The second kappa shape index (κ2) is 18.2. The Morgan fingerprint density at radius 2 is 1.53 bits per heavy atom. The molecular weight excluding hydrogens is 424 g/mol. The van der Waals surface area contributed by atoms with Crippen molar-refractivity contribution in [2.24, 2.45) is 29.6 Å². The standard InChI is InChI=1S/C29H58N2O3/c1-11-24(7)28(26(12-2)34-10)25(8)29(23(5)6)30(9)27(33)18-14-13-15-19-31(21-32)20-16-17-22(3)4/h21-26,28-29H,11-20H2,1-10H3/t24?,25-,26?,28?,29?/m0/s1. The predicted molar refractivity (Wildman–Crippen MR) is 145 cm³/mol. The van der Waals surface area contributed by atoms with E-state index in [2.05, 4.69) is 55.4 Å². The van der Waals surface area contributed by atoms with Gasteiger partial charge in [0.2, 0.25) is 12.3 Å². The molecule has 202 valence electrons. The van der Waals surface area contributed by atoms with E-state index in [1.807, 2.05) is 24.0 Å². The molecular formula is C29H58N2O3. The summed E-state index contributed by atoms with van der Waals surface area (Å²) in [4.78, 5) is 28.4. The fraction of sp³-hybridized carbons (Fsp3) is 0.931. The number of methoxy groups -OCH3 is 1. The van der Waals surface area contributed by atoms with Crippen molar-refractivity contribution in [3.05, 3.63) is 0 Å². The SMILES string of the molecule is CCC(C)C(C(CC)OC)[C@H](C)C(C(C)C)N(C)C(=O)CCCCCN(C=O)CCCC(C)C. The summed E-state index contributed by atoms with van der Waals surface area (Å²) in [7, 11) is 3.82. The van der Waals surface area contributed by atoms with Crippen molar-refractivity contribution in [3.63, 3.8) is 0 Å². The van der Waals surface area contributed by atoms with Gasteiger partial charge in [0.05, 0.1) is 6.10 Å². The second-order valence-electron chi connectivity index (χ2n) is 11.2. The Kier molecular flexibility index (Phi) is 17.6. The summed E-state index contributed by atoms with van der Waals surface area (Å²) in [5.41, 5.74) is 0. The molecule has 5 atom stereocenters. The van der Waals surface area contributed by atoms with Crippen LogP contribution in [0.15, 0.2) is 0 Å². The molecule has 5 nitrogen and oxygen atoms in total. The third kappa shape index (κ3) is 11.6. The number of carbonyl (C=O) groups excluding carboxylic acids is 2. The van der Waals surface area contributed by atoms with E-state index >= 15 is 0 Å². The first-order valence-corrected chi connectivity index (χ1v) is 14.0. The van der Waals surface area contributed by atoms with E-state index in [9.17, 15) is 9.59 Å². The molecule has 0 aliphatic rings. The zero-order chi connectivity index (χ0) is 26.3. The molecule has 2 amide bonds. The summed E-state index contributed by atoms with van der Waals surface area (Å²) in [5.74, 6) is 2.64. The highest BCUT2D eigenvalue weighted by Crippen LogP contribution is 2.36. The summed E-state index contributed by atoms with van der Waals surface area (Å²) < 4.78 is 5.90. The maximum absolute atomic E-state index is 13.2. The van der Waals surface area contributed by atoms with Crippen LogP contribution in [0.3, 0.4) is 0 Å². The van der Waals surface area contributed by atoms with Gasteiger partial charge in [-0.3, -0.25) is 9.59 Å². The molecule has 0 aliphatic heterocycles. The maximum atomic E-state index is 13.2. The van der Waals surface area contributed by atoms with Crippen molar-refractivity contribution >= 4 is 12.3 Å². The minimum Gasteiger partial charge on any atom is -0.381 e. The molecule has 0 fully saturated rings. The molecule has 0 aromatic heterocycles. The highest BCUT2D eigenvalue weighted by Gasteiger charge is 2.38. The van der Waals surface area contributed by atoms with Gasteiger partial charge in [0.25, 0.3) is 0 Å². The monoisotopic (exact) mass is 482 g/mol. The third-order valence-electron chi connectivity index (χ3n) is 7.82. The number of carbonyl (C=O) groups is 2. The lowest BCUT2D eigenvalue weighted by Gasteiger charge is -2.44. The first-order valence-electron chi connectivity index (χ1n) is 14.0. The lowest BCUT2D eigenvalue weighted by Crippen LogP contribution is -2.49. The van der Waals surface area contributed by atoms with Crippen LogP contribution in [-0.4, -0.2) is 61.5 Å². The Morgan fingerprint density at radius 3 is 2.00 bits per heavy atom. The lowest BCUT2D eigenvalue weighted by atomic mass is 9.71. The number of nitrogens with zero attached hydrogens (tertiary/aromatic N) is 2. The molecule has 0 bridgehead atoms. The van der Waals surface area contributed by atoms with E-state index in [0.717, 1.165) is 64.4 Å². The minimum atomic E-state index is 0.196. The molecule has 34 heavy (non-hydrogen) atoms. The largest absolute Gasteiger partial charge is 0.381 e. The van der Waals surface area contributed by atoms with Crippen LogP contribution in [-0.2, 0) is 14.3 Å². The van der Waals surface area contributed by atoms with E-state index in [1.54, 1.807) is 0 Å². The Morgan fingerprint density at radius 1 is 0.912 bits per heavy atom. The Bertz CT molecular complexity index is 533. The number of hydrogen-bond donors (Lipinski definition) is 0. The van der Waals surface area contributed by atoms with Crippen molar-refractivity contribution in [1.82, 2.24) is 9.80 Å². The van der Waals surface area contributed by atoms with Gasteiger partial charge in [0.1, 0.15) is 0 Å². The molecule has 0 saturated heterocycles. The van der Waals surface area contributed by atoms with Crippen molar-refractivity contribution < 1.29 is 14.3 Å². The highest BCUT2D eigenvalue weighted by molar-refractivity contribution is 5.76. The topological polar surface area (TPSA) is 49.9 Å². The summed E-state index contributed by atoms with van der Waals surface area (Å²) in [6.07, 6.45) is 8.93. The molecule has 0 aromatic rings. The molecule has 0 aromatic carbocycles. The van der Waals surface area contributed by atoms with Crippen LogP contribution in [0.25, 0.3) is 0 Å². The van der Waals surface area contributed by atoms with Gasteiger partial charge in [-0.1, -0.05) is 68.2 Å². The van der Waals surface area contributed by atoms with Gasteiger partial charge in [0.15, 0.2) is 0 Å². The van der Waals surface area contributed by atoms with Crippen LogP contribution in [0.1, 0.15) is 107 Å². The molecule has 0 spiro atoms. The molecule has 0 N–H and O–H groups in total. The normalized spacial score (nSPS) is 16.2. The van der Waals surface area contributed by atoms with E-state index in [0.29, 0.717) is 36.0 Å². The molecule has 5 heteroatoms. The van der Waals surface area contributed by atoms with Crippen molar-refractivity contribution in [2.75, 3.05) is 27.2 Å². The van der Waals surface area contributed by atoms with E-state index in [1.165, 1.54) is 0 Å². The van der Waals surface area contributed by atoms with Crippen LogP contribution in [0.4, 0.5) is 0 Å². The van der Waals surface area contributed by atoms with Crippen LogP contribution >= 0.6 is 0 Å².